The molecule has 0 bridgehead atoms. The zero-order chi connectivity index (χ0) is 18.5. The minimum absolute atomic E-state index is 0.0559. The fraction of sp³-hybridized carbons (Fsp3) is 0.389. The lowest BCUT2D eigenvalue weighted by Gasteiger charge is -2.22. The first-order chi connectivity index (χ1) is 12.6. The van der Waals surface area contributed by atoms with Gasteiger partial charge in [0.15, 0.2) is 0 Å². The summed E-state index contributed by atoms with van der Waals surface area (Å²) in [6, 6.07) is 7.32. The molecule has 0 N–H and O–H groups in total. The van der Waals surface area contributed by atoms with Crippen molar-refractivity contribution in [2.45, 2.75) is 19.4 Å². The van der Waals surface area contributed by atoms with Crippen molar-refractivity contribution in [3.05, 3.63) is 46.5 Å². The quantitative estimate of drug-likeness (QED) is 0.695. The molecule has 1 aliphatic heterocycles. The predicted molar refractivity (Wildman–Crippen MR) is 97.9 cm³/mol. The Hall–Kier alpha value is -2.45. The summed E-state index contributed by atoms with van der Waals surface area (Å²) < 4.78 is 10.4. The number of likely N-dealkylation sites (N-methyl/N-ethyl adjacent to an activating group) is 1. The van der Waals surface area contributed by atoms with Gasteiger partial charge in [0.1, 0.15) is 11.8 Å². The maximum absolute atomic E-state index is 12.8. The van der Waals surface area contributed by atoms with Crippen LogP contribution in [0.1, 0.15) is 30.0 Å². The average molecular weight is 375 g/mol. The van der Waals surface area contributed by atoms with Crippen molar-refractivity contribution < 1.29 is 18.7 Å². The molecule has 1 aliphatic rings. The van der Waals surface area contributed by atoms with Crippen molar-refractivity contribution in [2.24, 2.45) is 5.10 Å². The first kappa shape index (κ1) is 18.3. The minimum Gasteiger partial charge on any atom is -0.467 e. The summed E-state index contributed by atoms with van der Waals surface area (Å²) in [6.07, 6.45) is 2.19. The van der Waals surface area contributed by atoms with E-state index in [1.165, 1.54) is 5.01 Å². The summed E-state index contributed by atoms with van der Waals surface area (Å²) >= 11 is 1.59. The Kier molecular flexibility index (Phi) is 5.85. The molecule has 2 aromatic rings. The van der Waals surface area contributed by atoms with E-state index in [0.717, 1.165) is 10.6 Å². The van der Waals surface area contributed by atoms with E-state index < -0.39 is 0 Å². The monoisotopic (exact) mass is 375 g/mol. The highest BCUT2D eigenvalue weighted by molar-refractivity contribution is 7.12. The Morgan fingerprint density at radius 3 is 2.88 bits per heavy atom. The van der Waals surface area contributed by atoms with Gasteiger partial charge in [-0.05, 0) is 37.6 Å². The Bertz CT molecular complexity index is 770. The molecule has 7 nitrogen and oxygen atoms in total. The maximum Gasteiger partial charge on any atom is 0.320 e. The van der Waals surface area contributed by atoms with E-state index in [-0.39, 0.29) is 31.0 Å². The highest BCUT2D eigenvalue weighted by Gasteiger charge is 2.35. The standard InChI is InChI=1S/C18H21N3O4S/c1-3-24-18(23)12-20(2)11-17(22)21-14(15-6-4-8-25-15)10-13(19-21)16-7-5-9-26-16/h4-9,14H,3,10-12H2,1-2H3. The van der Waals surface area contributed by atoms with E-state index >= 15 is 0 Å². The number of ether oxygens (including phenoxy) is 1. The number of esters is 1. The SMILES string of the molecule is CCOC(=O)CN(C)CC(=O)N1N=C(c2cccs2)CC1c1ccco1. The Balaban J connectivity index is 1.73. The van der Waals surface area contributed by atoms with Gasteiger partial charge in [-0.15, -0.1) is 11.3 Å². The van der Waals surface area contributed by atoms with Gasteiger partial charge in [0.05, 0.1) is 36.5 Å². The van der Waals surface area contributed by atoms with Crippen LogP contribution in [0.25, 0.3) is 0 Å². The average Bonchev–Trinajstić information content (AvgIpc) is 3.34. The molecular formula is C18H21N3O4S. The van der Waals surface area contributed by atoms with Gasteiger partial charge < -0.3 is 9.15 Å². The van der Waals surface area contributed by atoms with Crippen LogP contribution in [-0.2, 0) is 14.3 Å². The summed E-state index contributed by atoms with van der Waals surface area (Å²) in [5, 5.41) is 8.00. The number of hydrogen-bond donors (Lipinski definition) is 0. The number of rotatable bonds is 7. The smallest absolute Gasteiger partial charge is 0.320 e. The Morgan fingerprint density at radius 2 is 2.23 bits per heavy atom. The van der Waals surface area contributed by atoms with Gasteiger partial charge in [-0.2, -0.15) is 5.10 Å². The molecule has 0 saturated carbocycles. The number of hydrazone groups is 1. The lowest BCUT2D eigenvalue weighted by Crippen LogP contribution is -2.38. The van der Waals surface area contributed by atoms with Gasteiger partial charge in [0.25, 0.3) is 5.91 Å². The van der Waals surface area contributed by atoms with Gasteiger partial charge in [0, 0.05) is 6.42 Å². The van der Waals surface area contributed by atoms with Gasteiger partial charge in [-0.25, -0.2) is 5.01 Å². The molecule has 0 aliphatic carbocycles. The molecule has 0 radical (unpaired) electrons. The predicted octanol–water partition coefficient (Wildman–Crippen LogP) is 2.51. The molecule has 0 fully saturated rings. The van der Waals surface area contributed by atoms with Crippen molar-refractivity contribution >= 4 is 28.9 Å². The van der Waals surface area contributed by atoms with E-state index in [9.17, 15) is 9.59 Å². The number of thiophene rings is 1. The summed E-state index contributed by atoms with van der Waals surface area (Å²) in [6.45, 7) is 2.20. The molecule has 138 valence electrons. The summed E-state index contributed by atoms with van der Waals surface area (Å²) in [7, 11) is 1.71. The third kappa shape index (κ3) is 4.20. The molecule has 1 unspecified atom stereocenters. The van der Waals surface area contributed by atoms with Gasteiger partial charge in [-0.1, -0.05) is 6.07 Å². The first-order valence-electron chi connectivity index (χ1n) is 8.39. The van der Waals surface area contributed by atoms with Crippen LogP contribution in [0.15, 0.2) is 45.4 Å². The van der Waals surface area contributed by atoms with Crippen LogP contribution in [0.3, 0.4) is 0 Å². The van der Waals surface area contributed by atoms with E-state index in [4.69, 9.17) is 9.15 Å². The van der Waals surface area contributed by atoms with Crippen molar-refractivity contribution in [2.75, 3.05) is 26.7 Å². The first-order valence-corrected chi connectivity index (χ1v) is 9.27. The van der Waals surface area contributed by atoms with Crippen molar-refractivity contribution in [3.63, 3.8) is 0 Å². The van der Waals surface area contributed by atoms with E-state index in [1.54, 1.807) is 42.5 Å². The number of furan rings is 1. The minimum atomic E-state index is -0.352. The van der Waals surface area contributed by atoms with Crippen LogP contribution >= 0.6 is 11.3 Å². The number of hydrogen-bond acceptors (Lipinski definition) is 7. The molecule has 1 atom stereocenters. The van der Waals surface area contributed by atoms with E-state index in [2.05, 4.69) is 5.10 Å². The second kappa shape index (κ2) is 8.29. The zero-order valence-corrected chi connectivity index (χ0v) is 15.6. The molecular weight excluding hydrogens is 354 g/mol. The molecule has 1 amide bonds. The molecule has 0 spiro atoms. The third-order valence-electron chi connectivity index (χ3n) is 3.95. The maximum atomic E-state index is 12.8. The summed E-state index contributed by atoms with van der Waals surface area (Å²) in [5.41, 5.74) is 0.864. The van der Waals surface area contributed by atoms with Crippen LogP contribution in [0.2, 0.25) is 0 Å². The fourth-order valence-corrected chi connectivity index (χ4v) is 3.54. The van der Waals surface area contributed by atoms with Crippen molar-refractivity contribution in [3.8, 4) is 0 Å². The van der Waals surface area contributed by atoms with Crippen LogP contribution < -0.4 is 0 Å². The van der Waals surface area contributed by atoms with Crippen LogP contribution in [-0.4, -0.2) is 54.2 Å². The molecule has 8 heteroatoms. The molecule has 0 aromatic carbocycles. The van der Waals surface area contributed by atoms with Gasteiger partial charge >= 0.3 is 5.97 Å². The number of nitrogens with zero attached hydrogens (tertiary/aromatic N) is 3. The molecule has 3 rings (SSSR count). The number of amides is 1. The number of carbonyl (C=O) groups excluding carboxylic acids is 2. The summed E-state index contributed by atoms with van der Waals surface area (Å²) in [5.74, 6) is 0.154. The third-order valence-corrected chi connectivity index (χ3v) is 4.87. The highest BCUT2D eigenvalue weighted by atomic mass is 32.1. The van der Waals surface area contributed by atoms with E-state index in [0.29, 0.717) is 18.8 Å². The number of carbonyl (C=O) groups is 2. The normalized spacial score (nSPS) is 16.8. The van der Waals surface area contributed by atoms with Crippen molar-refractivity contribution in [1.29, 1.82) is 0 Å². The molecule has 26 heavy (non-hydrogen) atoms. The Morgan fingerprint density at radius 1 is 1.38 bits per heavy atom. The van der Waals surface area contributed by atoms with Crippen molar-refractivity contribution in [1.82, 2.24) is 9.91 Å². The van der Waals surface area contributed by atoms with Crippen LogP contribution in [0, 0.1) is 0 Å². The largest absolute Gasteiger partial charge is 0.467 e. The Labute approximate surface area is 155 Å². The highest BCUT2D eigenvalue weighted by Crippen LogP contribution is 2.34. The lowest BCUT2D eigenvalue weighted by atomic mass is 10.1. The van der Waals surface area contributed by atoms with E-state index in [1.807, 2.05) is 23.6 Å². The van der Waals surface area contributed by atoms with Crippen LogP contribution in [0.5, 0.6) is 0 Å². The van der Waals surface area contributed by atoms with Crippen LogP contribution in [0.4, 0.5) is 0 Å². The lowest BCUT2D eigenvalue weighted by molar-refractivity contribution is -0.144. The molecule has 0 saturated heterocycles. The van der Waals surface area contributed by atoms with Gasteiger partial charge in [-0.3, -0.25) is 14.5 Å². The topological polar surface area (TPSA) is 75.3 Å². The summed E-state index contributed by atoms with van der Waals surface area (Å²) in [4.78, 5) is 27.0. The van der Waals surface area contributed by atoms with Gasteiger partial charge in [0.2, 0.25) is 0 Å². The fourth-order valence-electron chi connectivity index (χ4n) is 2.82. The molecule has 3 heterocycles. The second-order valence-electron chi connectivity index (χ2n) is 5.97. The zero-order valence-electron chi connectivity index (χ0n) is 14.8. The molecule has 2 aromatic heterocycles. The second-order valence-corrected chi connectivity index (χ2v) is 6.92.